The largest absolute Gasteiger partial charge is 0.253 e. The molecule has 0 unspecified atom stereocenters. The van der Waals surface area contributed by atoms with E-state index < -0.39 is 19.9 Å². The molecule has 0 radical (unpaired) electrons. The van der Waals surface area contributed by atoms with Crippen LogP contribution in [0.2, 0.25) is 0 Å². The van der Waals surface area contributed by atoms with Crippen molar-refractivity contribution < 1.29 is 16.8 Å². The van der Waals surface area contributed by atoms with Gasteiger partial charge in [0.2, 0.25) is 0 Å². The van der Waals surface area contributed by atoms with Gasteiger partial charge in [0.05, 0.1) is 5.75 Å². The lowest BCUT2D eigenvalue weighted by molar-refractivity contribution is 0.486. The Kier molecular flexibility index (Phi) is 4.75. The fourth-order valence-electron chi connectivity index (χ4n) is 1.02. The average molecular weight is 362 g/mol. The van der Waals surface area contributed by atoms with Gasteiger partial charge in [0.1, 0.15) is 14.0 Å². The minimum Gasteiger partial charge on any atom is -0.229 e. The third-order valence-electron chi connectivity index (χ3n) is 2.01. The van der Waals surface area contributed by atoms with Crippen LogP contribution in [-0.2, 0) is 19.9 Å². The molecule has 0 amide bonds. The number of hydrogen-bond acceptors (Lipinski definition) is 5. The van der Waals surface area contributed by atoms with Crippen LogP contribution in [0.25, 0.3) is 0 Å². The predicted molar refractivity (Wildman–Crippen MR) is 71.5 cm³/mol. The van der Waals surface area contributed by atoms with Gasteiger partial charge in [0.15, 0.2) is 0 Å². The molecule has 0 bridgehead atoms. The van der Waals surface area contributed by atoms with Crippen LogP contribution in [0, 0.1) is 0 Å². The van der Waals surface area contributed by atoms with Gasteiger partial charge in [-0.2, -0.15) is 4.31 Å². The summed E-state index contributed by atoms with van der Waals surface area (Å²) in [4.78, 5) is 0. The first-order valence-corrected chi connectivity index (χ1v) is 9.69. The van der Waals surface area contributed by atoms with Gasteiger partial charge in [-0.05, 0) is 27.4 Å². The molecule has 0 aliphatic rings. The number of nitrogens with zero attached hydrogens (tertiary/aromatic N) is 1. The molecule has 5 nitrogen and oxygen atoms in total. The molecule has 0 spiro atoms. The molecular weight excluding hydrogens is 350 g/mol. The van der Waals surface area contributed by atoms with Crippen molar-refractivity contribution in [3.63, 3.8) is 0 Å². The zero-order valence-corrected chi connectivity index (χ0v) is 13.3. The summed E-state index contributed by atoms with van der Waals surface area (Å²) in [6, 6.07) is 1.64. The summed E-state index contributed by atoms with van der Waals surface area (Å²) in [7, 11) is -5.41. The van der Waals surface area contributed by atoms with Gasteiger partial charge in [-0.1, -0.05) is 0 Å². The van der Waals surface area contributed by atoms with Crippen molar-refractivity contribution in [1.82, 2.24) is 4.31 Å². The highest BCUT2D eigenvalue weighted by Gasteiger charge is 2.25. The third kappa shape index (κ3) is 4.02. The maximum Gasteiger partial charge on any atom is 0.253 e. The number of hydrogen-bond donors (Lipinski definition) is 0. The molecule has 1 aromatic heterocycles. The van der Waals surface area contributed by atoms with Crippen LogP contribution >= 0.6 is 27.3 Å². The first kappa shape index (κ1) is 15.1. The Balaban J connectivity index is 2.89. The zero-order valence-electron chi connectivity index (χ0n) is 9.25. The second kappa shape index (κ2) is 5.35. The van der Waals surface area contributed by atoms with Crippen molar-refractivity contribution in [3.05, 3.63) is 15.9 Å². The summed E-state index contributed by atoms with van der Waals surface area (Å²) in [5.74, 6) is -0.189. The highest BCUT2D eigenvalue weighted by atomic mass is 79.9. The highest BCUT2D eigenvalue weighted by Crippen LogP contribution is 2.29. The Labute approximate surface area is 114 Å². The Morgan fingerprint density at radius 3 is 2.35 bits per heavy atom. The van der Waals surface area contributed by atoms with Gasteiger partial charge in [-0.3, -0.25) is 0 Å². The van der Waals surface area contributed by atoms with E-state index in [1.165, 1.54) is 7.05 Å². The molecule has 0 fully saturated rings. The highest BCUT2D eigenvalue weighted by molar-refractivity contribution is 9.10. The Bertz CT molecular complexity index is 590. The second-order valence-electron chi connectivity index (χ2n) is 3.51. The average Bonchev–Trinajstić information content (AvgIpc) is 2.60. The lowest BCUT2D eigenvalue weighted by Crippen LogP contribution is -2.31. The first-order valence-electron chi connectivity index (χ1n) is 4.51. The Hall–Kier alpha value is 0.0400. The van der Waals surface area contributed by atoms with E-state index in [4.69, 9.17) is 0 Å². The molecule has 9 heteroatoms. The maximum absolute atomic E-state index is 12.0. The van der Waals surface area contributed by atoms with Crippen molar-refractivity contribution >= 4 is 47.1 Å². The van der Waals surface area contributed by atoms with E-state index in [2.05, 4.69) is 15.9 Å². The number of rotatable bonds is 5. The molecule has 0 aliphatic heterocycles. The van der Waals surface area contributed by atoms with Gasteiger partial charge in [-0.25, -0.2) is 16.8 Å². The van der Waals surface area contributed by atoms with E-state index in [1.807, 2.05) is 0 Å². The van der Waals surface area contributed by atoms with E-state index in [-0.39, 0.29) is 16.5 Å². The first-order chi connectivity index (χ1) is 7.64. The number of sulfonamides is 1. The van der Waals surface area contributed by atoms with E-state index in [0.29, 0.717) is 4.47 Å². The van der Waals surface area contributed by atoms with Crippen molar-refractivity contribution in [1.29, 1.82) is 0 Å². The lowest BCUT2D eigenvalue weighted by atomic mass is 10.7. The van der Waals surface area contributed by atoms with Crippen LogP contribution < -0.4 is 0 Å². The molecule has 0 aromatic carbocycles. The number of sulfone groups is 1. The van der Waals surface area contributed by atoms with Gasteiger partial charge in [0, 0.05) is 24.3 Å². The molecule has 0 aliphatic carbocycles. The number of thiophene rings is 1. The van der Waals surface area contributed by atoms with E-state index in [0.717, 1.165) is 21.9 Å². The monoisotopic (exact) mass is 361 g/mol. The molecule has 1 rings (SSSR count). The standard InChI is InChI=1S/C8H12BrNO4S3/c1-10(4-6-16(2,11)12)17(13,14)8-7(9)3-5-15-8/h3,5H,4,6H2,1-2H3. The van der Waals surface area contributed by atoms with Crippen LogP contribution in [0.5, 0.6) is 0 Å². The summed E-state index contributed by atoms with van der Waals surface area (Å²) in [6.45, 7) is -0.0501. The second-order valence-corrected chi connectivity index (χ2v) is 9.78. The summed E-state index contributed by atoms with van der Waals surface area (Å²) >= 11 is 4.24. The predicted octanol–water partition coefficient (Wildman–Crippen LogP) is 1.18. The van der Waals surface area contributed by atoms with Gasteiger partial charge in [-0.15, -0.1) is 11.3 Å². The van der Waals surface area contributed by atoms with Gasteiger partial charge < -0.3 is 0 Å². The molecule has 98 valence electrons. The van der Waals surface area contributed by atoms with Crippen LogP contribution in [0.15, 0.2) is 20.1 Å². The van der Waals surface area contributed by atoms with Crippen LogP contribution in [0.4, 0.5) is 0 Å². The third-order valence-corrected chi connectivity index (χ3v) is 7.43. The van der Waals surface area contributed by atoms with Gasteiger partial charge >= 0.3 is 0 Å². The van der Waals surface area contributed by atoms with Crippen molar-refractivity contribution in [2.75, 3.05) is 25.6 Å². The molecule has 17 heavy (non-hydrogen) atoms. The summed E-state index contributed by atoms with van der Waals surface area (Å²) in [5.41, 5.74) is 0. The molecule has 1 heterocycles. The minimum atomic E-state index is -3.61. The zero-order chi connectivity index (χ0) is 13.3. The summed E-state index contributed by atoms with van der Waals surface area (Å²) < 4.78 is 47.8. The fraction of sp³-hybridized carbons (Fsp3) is 0.500. The van der Waals surface area contributed by atoms with E-state index >= 15 is 0 Å². The maximum atomic E-state index is 12.0. The van der Waals surface area contributed by atoms with Crippen molar-refractivity contribution in [2.45, 2.75) is 4.21 Å². The van der Waals surface area contributed by atoms with Crippen molar-refractivity contribution in [2.24, 2.45) is 0 Å². The fourth-order valence-corrected chi connectivity index (χ4v) is 5.41. The Morgan fingerprint density at radius 1 is 1.35 bits per heavy atom. The quantitative estimate of drug-likeness (QED) is 0.789. The van der Waals surface area contributed by atoms with Crippen molar-refractivity contribution in [3.8, 4) is 0 Å². The lowest BCUT2D eigenvalue weighted by Gasteiger charge is -2.15. The molecule has 1 aromatic rings. The molecule has 0 saturated carbocycles. The smallest absolute Gasteiger partial charge is 0.229 e. The minimum absolute atomic E-state index is 0.0501. The molecule has 0 N–H and O–H groups in total. The van der Waals surface area contributed by atoms with Crippen LogP contribution in [0.1, 0.15) is 0 Å². The van der Waals surface area contributed by atoms with Gasteiger partial charge in [0.25, 0.3) is 10.0 Å². The number of halogens is 1. The van der Waals surface area contributed by atoms with Crippen LogP contribution in [-0.4, -0.2) is 46.7 Å². The SMILES string of the molecule is CN(CCS(C)(=O)=O)S(=O)(=O)c1sccc1Br. The normalized spacial score (nSPS) is 13.2. The molecule has 0 saturated heterocycles. The van der Waals surface area contributed by atoms with E-state index in [9.17, 15) is 16.8 Å². The summed E-state index contributed by atoms with van der Waals surface area (Å²) in [5, 5.41) is 1.65. The topological polar surface area (TPSA) is 71.5 Å². The summed E-state index contributed by atoms with van der Waals surface area (Å²) in [6.07, 6.45) is 1.08. The molecular formula is C8H12BrNO4S3. The van der Waals surface area contributed by atoms with Crippen LogP contribution in [0.3, 0.4) is 0 Å². The van der Waals surface area contributed by atoms with E-state index in [1.54, 1.807) is 11.4 Å². The Morgan fingerprint density at radius 2 is 1.94 bits per heavy atom. The molecule has 0 atom stereocenters.